The maximum atomic E-state index is 13.0. The van der Waals surface area contributed by atoms with Crippen LogP contribution in [0.25, 0.3) is 0 Å². The molecule has 0 saturated carbocycles. The molecular formula is C14H10ClF4N. The van der Waals surface area contributed by atoms with Gasteiger partial charge in [-0.1, -0.05) is 17.7 Å². The van der Waals surface area contributed by atoms with Crippen LogP contribution in [0.2, 0.25) is 5.02 Å². The van der Waals surface area contributed by atoms with E-state index in [1.54, 1.807) is 6.07 Å². The van der Waals surface area contributed by atoms with Gasteiger partial charge < -0.3 is 5.32 Å². The predicted molar refractivity (Wildman–Crippen MR) is 68.3 cm³/mol. The van der Waals surface area contributed by atoms with E-state index in [-0.39, 0.29) is 17.1 Å². The minimum atomic E-state index is -1.49. The van der Waals surface area contributed by atoms with Crippen molar-refractivity contribution >= 4 is 11.6 Å². The van der Waals surface area contributed by atoms with E-state index >= 15 is 0 Å². The summed E-state index contributed by atoms with van der Waals surface area (Å²) in [5.41, 5.74) is 0.995. The maximum absolute atomic E-state index is 13.0. The van der Waals surface area contributed by atoms with E-state index < -0.39 is 23.3 Å². The molecular weight excluding hydrogens is 294 g/mol. The molecule has 20 heavy (non-hydrogen) atoms. The van der Waals surface area contributed by atoms with Crippen molar-refractivity contribution in [1.29, 1.82) is 0 Å². The largest absolute Gasteiger partial charge is 0.309 e. The monoisotopic (exact) mass is 303 g/mol. The molecule has 106 valence electrons. The summed E-state index contributed by atoms with van der Waals surface area (Å²) in [5.74, 6) is -4.46. The van der Waals surface area contributed by atoms with Gasteiger partial charge in [0.15, 0.2) is 17.5 Å². The Hall–Kier alpha value is -1.59. The standard InChI is InChI=1S/C14H10ClF4N/c15-10-3-8(1-2-11(10)16)6-20-7-9-4-12(17)14(19)13(18)5-9/h1-5,20H,6-7H2. The van der Waals surface area contributed by atoms with Crippen molar-refractivity contribution in [3.63, 3.8) is 0 Å². The van der Waals surface area contributed by atoms with Crippen molar-refractivity contribution in [2.75, 3.05) is 0 Å². The van der Waals surface area contributed by atoms with Crippen molar-refractivity contribution in [1.82, 2.24) is 5.32 Å². The zero-order valence-corrected chi connectivity index (χ0v) is 10.9. The Morgan fingerprint density at radius 2 is 1.40 bits per heavy atom. The summed E-state index contributed by atoms with van der Waals surface area (Å²) in [6.07, 6.45) is 0. The predicted octanol–water partition coefficient (Wildman–Crippen LogP) is 4.19. The summed E-state index contributed by atoms with van der Waals surface area (Å²) in [7, 11) is 0. The zero-order valence-electron chi connectivity index (χ0n) is 10.2. The highest BCUT2D eigenvalue weighted by atomic mass is 35.5. The van der Waals surface area contributed by atoms with Gasteiger partial charge in [-0.05, 0) is 35.4 Å². The van der Waals surface area contributed by atoms with Crippen LogP contribution in [0, 0.1) is 23.3 Å². The highest BCUT2D eigenvalue weighted by Crippen LogP contribution is 2.16. The van der Waals surface area contributed by atoms with Gasteiger partial charge >= 0.3 is 0 Å². The fourth-order valence-electron chi connectivity index (χ4n) is 1.71. The lowest BCUT2D eigenvalue weighted by Gasteiger charge is -2.07. The van der Waals surface area contributed by atoms with Gasteiger partial charge in [0.05, 0.1) is 5.02 Å². The molecule has 2 aromatic carbocycles. The van der Waals surface area contributed by atoms with E-state index in [9.17, 15) is 17.6 Å². The van der Waals surface area contributed by atoms with Crippen LogP contribution in [-0.4, -0.2) is 0 Å². The fourth-order valence-corrected chi connectivity index (χ4v) is 1.91. The summed E-state index contributed by atoms with van der Waals surface area (Å²) in [4.78, 5) is 0. The lowest BCUT2D eigenvalue weighted by Crippen LogP contribution is -2.13. The molecule has 0 spiro atoms. The van der Waals surface area contributed by atoms with Crippen molar-refractivity contribution in [3.8, 4) is 0 Å². The molecule has 0 bridgehead atoms. The maximum Gasteiger partial charge on any atom is 0.194 e. The van der Waals surface area contributed by atoms with Crippen LogP contribution in [0.4, 0.5) is 17.6 Å². The minimum Gasteiger partial charge on any atom is -0.309 e. The Morgan fingerprint density at radius 3 is 2.00 bits per heavy atom. The van der Waals surface area contributed by atoms with Gasteiger partial charge in [-0.2, -0.15) is 0 Å². The van der Waals surface area contributed by atoms with E-state index in [1.165, 1.54) is 12.1 Å². The van der Waals surface area contributed by atoms with Crippen molar-refractivity contribution in [2.45, 2.75) is 13.1 Å². The Bertz CT molecular complexity index is 608. The van der Waals surface area contributed by atoms with Crippen molar-refractivity contribution < 1.29 is 17.6 Å². The quantitative estimate of drug-likeness (QED) is 0.660. The first-order chi connectivity index (χ1) is 9.47. The highest BCUT2D eigenvalue weighted by Gasteiger charge is 2.10. The number of rotatable bonds is 4. The Balaban J connectivity index is 1.97. The van der Waals surface area contributed by atoms with Gasteiger partial charge in [0, 0.05) is 13.1 Å². The van der Waals surface area contributed by atoms with E-state index in [0.717, 1.165) is 17.7 Å². The minimum absolute atomic E-state index is 0.00294. The van der Waals surface area contributed by atoms with Gasteiger partial charge in [-0.15, -0.1) is 0 Å². The lowest BCUT2D eigenvalue weighted by atomic mass is 10.2. The zero-order chi connectivity index (χ0) is 14.7. The van der Waals surface area contributed by atoms with Crippen molar-refractivity contribution in [2.24, 2.45) is 0 Å². The first-order valence-corrected chi connectivity index (χ1v) is 6.13. The molecule has 0 saturated heterocycles. The first-order valence-electron chi connectivity index (χ1n) is 5.75. The molecule has 0 amide bonds. The van der Waals surface area contributed by atoms with Gasteiger partial charge in [0.25, 0.3) is 0 Å². The second kappa shape index (κ2) is 6.24. The number of hydrogen-bond acceptors (Lipinski definition) is 1. The molecule has 2 aromatic rings. The average Bonchev–Trinajstić information content (AvgIpc) is 2.40. The topological polar surface area (TPSA) is 12.0 Å². The molecule has 0 aromatic heterocycles. The molecule has 0 atom stereocenters. The SMILES string of the molecule is Fc1ccc(CNCc2cc(F)c(F)c(F)c2)cc1Cl. The van der Waals surface area contributed by atoms with E-state index in [0.29, 0.717) is 6.54 Å². The van der Waals surface area contributed by atoms with Crippen LogP contribution in [0.5, 0.6) is 0 Å². The van der Waals surface area contributed by atoms with Gasteiger partial charge in [-0.3, -0.25) is 0 Å². The van der Waals surface area contributed by atoms with E-state index in [2.05, 4.69) is 5.32 Å². The summed E-state index contributed by atoms with van der Waals surface area (Å²) >= 11 is 5.63. The number of benzene rings is 2. The summed E-state index contributed by atoms with van der Waals surface area (Å²) in [5, 5.41) is 2.90. The first kappa shape index (κ1) is 14.8. The molecule has 0 unspecified atom stereocenters. The molecule has 0 aliphatic rings. The van der Waals surface area contributed by atoms with Crippen molar-refractivity contribution in [3.05, 3.63) is 69.8 Å². The Kier molecular flexibility index (Phi) is 4.62. The molecule has 6 heteroatoms. The third-order valence-electron chi connectivity index (χ3n) is 2.69. The fraction of sp³-hybridized carbons (Fsp3) is 0.143. The molecule has 2 rings (SSSR count). The third-order valence-corrected chi connectivity index (χ3v) is 2.98. The van der Waals surface area contributed by atoms with Crippen LogP contribution in [0.15, 0.2) is 30.3 Å². The summed E-state index contributed by atoms with van der Waals surface area (Å²) < 4.78 is 51.7. The second-order valence-electron chi connectivity index (χ2n) is 4.23. The smallest absolute Gasteiger partial charge is 0.194 e. The molecule has 0 aliphatic heterocycles. The molecule has 0 heterocycles. The Labute approximate surface area is 118 Å². The number of nitrogens with one attached hydrogen (secondary N) is 1. The normalized spacial score (nSPS) is 10.8. The van der Waals surface area contributed by atoms with Crippen LogP contribution >= 0.6 is 11.6 Å². The van der Waals surface area contributed by atoms with Gasteiger partial charge in [-0.25, -0.2) is 17.6 Å². The third kappa shape index (κ3) is 3.49. The van der Waals surface area contributed by atoms with Gasteiger partial charge in [0.1, 0.15) is 5.82 Å². The number of hydrogen-bond donors (Lipinski definition) is 1. The second-order valence-corrected chi connectivity index (χ2v) is 4.63. The van der Waals surface area contributed by atoms with Crippen LogP contribution in [0.3, 0.4) is 0 Å². The summed E-state index contributed by atoms with van der Waals surface area (Å²) in [6.45, 7) is 0.476. The molecule has 0 radical (unpaired) electrons. The Morgan fingerprint density at radius 1 is 0.800 bits per heavy atom. The highest BCUT2D eigenvalue weighted by molar-refractivity contribution is 6.30. The molecule has 1 N–H and O–H groups in total. The van der Waals surface area contributed by atoms with Crippen LogP contribution < -0.4 is 5.32 Å². The lowest BCUT2D eigenvalue weighted by molar-refractivity contribution is 0.444. The van der Waals surface area contributed by atoms with Gasteiger partial charge in [0.2, 0.25) is 0 Å². The van der Waals surface area contributed by atoms with Crippen LogP contribution in [-0.2, 0) is 13.1 Å². The average molecular weight is 304 g/mol. The molecule has 0 fully saturated rings. The molecule has 0 aliphatic carbocycles. The molecule has 1 nitrogen and oxygen atoms in total. The van der Waals surface area contributed by atoms with E-state index in [4.69, 9.17) is 11.6 Å². The van der Waals surface area contributed by atoms with Crippen LogP contribution in [0.1, 0.15) is 11.1 Å². The number of halogens is 5. The summed E-state index contributed by atoms with van der Waals surface area (Å²) in [6, 6.07) is 6.07. The van der Waals surface area contributed by atoms with E-state index in [1.807, 2.05) is 0 Å².